The summed E-state index contributed by atoms with van der Waals surface area (Å²) < 4.78 is 0. The van der Waals surface area contributed by atoms with Crippen molar-refractivity contribution in [2.75, 3.05) is 0 Å². The maximum absolute atomic E-state index is 11.6. The average molecular weight is 210 g/mol. The molecule has 4 unspecified atom stereocenters. The number of hydrogen-bond acceptors (Lipinski definition) is 2. The monoisotopic (exact) mass is 210 g/mol. The van der Waals surface area contributed by atoms with Gasteiger partial charge in [0.2, 0.25) is 11.8 Å². The third-order valence-electron chi connectivity index (χ3n) is 4.42. The third kappa shape index (κ3) is 1.13. The molecule has 1 spiro atoms. The lowest BCUT2D eigenvalue weighted by atomic mass is 9.79. The highest BCUT2D eigenvalue weighted by Gasteiger charge is 2.58. The summed E-state index contributed by atoms with van der Waals surface area (Å²) in [5, 5.41) is 5.94. The van der Waals surface area contributed by atoms with Gasteiger partial charge >= 0.3 is 0 Å². The zero-order valence-electron chi connectivity index (χ0n) is 9.63. The van der Waals surface area contributed by atoms with E-state index in [1.807, 2.05) is 27.7 Å². The summed E-state index contributed by atoms with van der Waals surface area (Å²) in [7, 11) is 0. The van der Waals surface area contributed by atoms with E-state index in [0.717, 1.165) is 0 Å². The van der Waals surface area contributed by atoms with E-state index in [0.29, 0.717) is 0 Å². The lowest BCUT2D eigenvalue weighted by molar-refractivity contribution is -0.123. The van der Waals surface area contributed by atoms with Crippen LogP contribution < -0.4 is 10.6 Å². The number of rotatable bonds is 0. The summed E-state index contributed by atoms with van der Waals surface area (Å²) in [6.45, 7) is 7.88. The van der Waals surface area contributed by atoms with Gasteiger partial charge in [-0.2, -0.15) is 0 Å². The Morgan fingerprint density at radius 3 is 1.40 bits per heavy atom. The van der Waals surface area contributed by atoms with Gasteiger partial charge in [0, 0.05) is 23.7 Å². The van der Waals surface area contributed by atoms with Gasteiger partial charge in [-0.15, -0.1) is 0 Å². The molecule has 0 bridgehead atoms. The lowest BCUT2D eigenvalue weighted by Gasteiger charge is -2.34. The zero-order chi connectivity index (χ0) is 11.4. The smallest absolute Gasteiger partial charge is 0.225 e. The molecule has 0 saturated carbocycles. The van der Waals surface area contributed by atoms with Crippen molar-refractivity contribution in [3.05, 3.63) is 0 Å². The Balaban J connectivity index is 2.37. The molecule has 0 aliphatic carbocycles. The fraction of sp³-hybridized carbons (Fsp3) is 0.818. The van der Waals surface area contributed by atoms with Crippen molar-refractivity contribution in [1.82, 2.24) is 10.6 Å². The maximum atomic E-state index is 11.6. The number of carbonyl (C=O) groups is 2. The summed E-state index contributed by atoms with van der Waals surface area (Å²) >= 11 is 0. The van der Waals surface area contributed by atoms with Crippen LogP contribution >= 0.6 is 0 Å². The van der Waals surface area contributed by atoms with Gasteiger partial charge in [0.15, 0.2) is 0 Å². The van der Waals surface area contributed by atoms with Crippen molar-refractivity contribution in [2.24, 2.45) is 23.7 Å². The first-order chi connectivity index (χ1) is 6.90. The van der Waals surface area contributed by atoms with E-state index in [1.165, 1.54) is 0 Å². The van der Waals surface area contributed by atoms with Crippen LogP contribution in [0.15, 0.2) is 0 Å². The van der Waals surface area contributed by atoms with Crippen LogP contribution in [0.3, 0.4) is 0 Å². The Kier molecular flexibility index (Phi) is 2.07. The molecular weight excluding hydrogens is 192 g/mol. The van der Waals surface area contributed by atoms with E-state index in [-0.39, 0.29) is 35.5 Å². The van der Waals surface area contributed by atoms with Crippen LogP contribution in [0.2, 0.25) is 0 Å². The summed E-state index contributed by atoms with van der Waals surface area (Å²) in [6, 6.07) is 0. The van der Waals surface area contributed by atoms with Crippen molar-refractivity contribution in [2.45, 2.75) is 33.4 Å². The summed E-state index contributed by atoms with van der Waals surface area (Å²) in [5.74, 6) is 0.325. The third-order valence-corrected chi connectivity index (χ3v) is 4.42. The van der Waals surface area contributed by atoms with Gasteiger partial charge in [-0.25, -0.2) is 0 Å². The molecule has 0 aromatic heterocycles. The van der Waals surface area contributed by atoms with Crippen LogP contribution in [0, 0.1) is 23.7 Å². The second-order valence-corrected chi connectivity index (χ2v) is 5.00. The second kappa shape index (κ2) is 2.97. The lowest BCUT2D eigenvalue weighted by Crippen LogP contribution is -2.57. The molecule has 15 heavy (non-hydrogen) atoms. The quantitative estimate of drug-likeness (QED) is 0.611. The maximum Gasteiger partial charge on any atom is 0.225 e. The highest BCUT2D eigenvalue weighted by atomic mass is 16.2. The Morgan fingerprint density at radius 1 is 0.867 bits per heavy atom. The van der Waals surface area contributed by atoms with Gasteiger partial charge in [0.05, 0.1) is 0 Å². The predicted octanol–water partition coefficient (Wildman–Crippen LogP) is 0.487. The minimum atomic E-state index is -0.507. The molecule has 4 nitrogen and oxygen atoms in total. The molecule has 2 amide bonds. The topological polar surface area (TPSA) is 58.2 Å². The molecule has 2 N–H and O–H groups in total. The van der Waals surface area contributed by atoms with Crippen LogP contribution in [0.1, 0.15) is 27.7 Å². The SMILES string of the molecule is CC1C(=O)NC2(NC(=O)C(C)C2C)C1C. The van der Waals surface area contributed by atoms with E-state index in [1.54, 1.807) is 0 Å². The molecule has 4 atom stereocenters. The van der Waals surface area contributed by atoms with Gasteiger partial charge in [-0.3, -0.25) is 9.59 Å². The first-order valence-corrected chi connectivity index (χ1v) is 5.54. The first-order valence-electron chi connectivity index (χ1n) is 5.54. The summed E-state index contributed by atoms with van der Waals surface area (Å²) in [6.07, 6.45) is 0. The fourth-order valence-electron chi connectivity index (χ4n) is 2.78. The predicted molar refractivity (Wildman–Crippen MR) is 55.7 cm³/mol. The van der Waals surface area contributed by atoms with Gasteiger partial charge in [0.1, 0.15) is 5.66 Å². The van der Waals surface area contributed by atoms with E-state index in [9.17, 15) is 9.59 Å². The van der Waals surface area contributed by atoms with E-state index >= 15 is 0 Å². The summed E-state index contributed by atoms with van der Waals surface area (Å²) in [5.41, 5.74) is -0.507. The molecule has 0 radical (unpaired) electrons. The molecule has 2 fully saturated rings. The Hall–Kier alpha value is -1.06. The molecule has 0 aromatic carbocycles. The minimum absolute atomic E-state index is 0.0296. The average Bonchev–Trinajstić information content (AvgIpc) is 2.53. The van der Waals surface area contributed by atoms with Crippen LogP contribution in [0.4, 0.5) is 0 Å². The standard InChI is InChI=1S/C11H18N2O2/c1-5-7(3)11(12-9(5)14)8(4)6(2)10(15)13-11/h5-8H,1-4H3,(H,12,14)(H,13,15). The highest BCUT2D eigenvalue weighted by molar-refractivity contribution is 5.88. The molecule has 2 heterocycles. The van der Waals surface area contributed by atoms with Gasteiger partial charge in [-0.1, -0.05) is 27.7 Å². The van der Waals surface area contributed by atoms with Crippen molar-refractivity contribution in [1.29, 1.82) is 0 Å². The molecule has 2 aliphatic heterocycles. The molecule has 0 aromatic rings. The Labute approximate surface area is 89.8 Å². The van der Waals surface area contributed by atoms with Gasteiger partial charge < -0.3 is 10.6 Å². The largest absolute Gasteiger partial charge is 0.333 e. The highest BCUT2D eigenvalue weighted by Crippen LogP contribution is 2.42. The normalized spacial score (nSPS) is 49.6. The van der Waals surface area contributed by atoms with Crippen molar-refractivity contribution in [3.8, 4) is 0 Å². The van der Waals surface area contributed by atoms with E-state index < -0.39 is 5.66 Å². The van der Waals surface area contributed by atoms with Crippen molar-refractivity contribution in [3.63, 3.8) is 0 Å². The molecule has 84 valence electrons. The van der Waals surface area contributed by atoms with Crippen LogP contribution in [-0.4, -0.2) is 17.5 Å². The van der Waals surface area contributed by atoms with Crippen LogP contribution in [0.25, 0.3) is 0 Å². The fourth-order valence-corrected chi connectivity index (χ4v) is 2.78. The van der Waals surface area contributed by atoms with Gasteiger partial charge in [0.25, 0.3) is 0 Å². The molecule has 4 heteroatoms. The molecule has 2 aliphatic rings. The molecular formula is C11H18N2O2. The Bertz CT molecular complexity index is 295. The van der Waals surface area contributed by atoms with Crippen LogP contribution in [0.5, 0.6) is 0 Å². The number of amides is 2. The zero-order valence-corrected chi connectivity index (χ0v) is 9.63. The van der Waals surface area contributed by atoms with Gasteiger partial charge in [-0.05, 0) is 0 Å². The second-order valence-electron chi connectivity index (χ2n) is 5.00. The summed E-state index contributed by atoms with van der Waals surface area (Å²) in [4.78, 5) is 23.3. The van der Waals surface area contributed by atoms with E-state index in [4.69, 9.17) is 0 Å². The number of nitrogens with one attached hydrogen (secondary N) is 2. The Morgan fingerprint density at radius 2 is 1.20 bits per heavy atom. The molecule has 2 rings (SSSR count). The van der Waals surface area contributed by atoms with Crippen molar-refractivity contribution < 1.29 is 9.59 Å². The number of carbonyl (C=O) groups excluding carboxylic acids is 2. The molecule has 2 saturated heterocycles. The number of hydrogen-bond donors (Lipinski definition) is 2. The van der Waals surface area contributed by atoms with E-state index in [2.05, 4.69) is 10.6 Å². The van der Waals surface area contributed by atoms with Crippen LogP contribution in [-0.2, 0) is 9.59 Å². The van der Waals surface area contributed by atoms with Crippen molar-refractivity contribution >= 4 is 11.8 Å². The minimum Gasteiger partial charge on any atom is -0.333 e. The first kappa shape index (κ1) is 10.5.